The molecule has 1 heterocycles. The number of Topliss-reactive ketones (excluding diaryl/α,β-unsaturated/α-hetero) is 1. The van der Waals surface area contributed by atoms with E-state index in [2.05, 4.69) is 28.5 Å². The second-order valence-electron chi connectivity index (χ2n) is 8.17. The second-order valence-corrected chi connectivity index (χ2v) is 8.17. The molecule has 0 aliphatic heterocycles. The molecular weight excluding hydrogens is 364 g/mol. The van der Waals surface area contributed by atoms with Gasteiger partial charge in [0.1, 0.15) is 5.78 Å². The lowest BCUT2D eigenvalue weighted by atomic mass is 9.99. The van der Waals surface area contributed by atoms with Crippen molar-refractivity contribution in [2.24, 2.45) is 11.7 Å². The molecular formula is C23H22N4O2. The number of ketones is 1. The number of hydrogen-bond donors (Lipinski definition) is 2. The molecule has 1 amide bonds. The number of nitrogens with two attached hydrogens (primary N) is 1. The van der Waals surface area contributed by atoms with Crippen LogP contribution in [0.15, 0.2) is 36.4 Å². The van der Waals surface area contributed by atoms with E-state index in [0.29, 0.717) is 30.0 Å². The van der Waals surface area contributed by atoms with E-state index in [1.54, 1.807) is 0 Å². The summed E-state index contributed by atoms with van der Waals surface area (Å²) in [6, 6.07) is 12.4. The molecule has 1 fully saturated rings. The smallest absolute Gasteiger partial charge is 0.271 e. The van der Waals surface area contributed by atoms with Gasteiger partial charge in [0.05, 0.1) is 11.2 Å². The van der Waals surface area contributed by atoms with Crippen LogP contribution in [-0.4, -0.2) is 27.9 Å². The molecule has 3 N–H and O–H groups in total. The number of rotatable bonds is 5. The Morgan fingerprint density at radius 1 is 1.07 bits per heavy atom. The molecule has 0 spiro atoms. The van der Waals surface area contributed by atoms with Crippen LogP contribution < -0.4 is 11.1 Å². The topological polar surface area (TPSA) is 98.0 Å². The SMILES string of the molecule is C[C@@H](Nc1c(C(N)=O)nnc2cc(-c3ccc4c(c3)CC(=O)C4)ccc12)C1CC1. The number of carbonyl (C=O) groups excluding carboxylic acids is 2. The summed E-state index contributed by atoms with van der Waals surface area (Å²) < 4.78 is 0. The number of hydrogen-bond acceptors (Lipinski definition) is 5. The van der Waals surface area contributed by atoms with Gasteiger partial charge in [-0.15, -0.1) is 10.2 Å². The third kappa shape index (κ3) is 3.24. The van der Waals surface area contributed by atoms with Crippen molar-refractivity contribution in [1.82, 2.24) is 10.2 Å². The van der Waals surface area contributed by atoms with Crippen molar-refractivity contribution >= 4 is 28.3 Å². The van der Waals surface area contributed by atoms with Crippen LogP contribution in [0, 0.1) is 5.92 Å². The molecule has 2 aromatic carbocycles. The number of primary amides is 1. The first kappa shape index (κ1) is 17.8. The van der Waals surface area contributed by atoms with Crippen LogP contribution in [0.1, 0.15) is 41.4 Å². The van der Waals surface area contributed by atoms with Crippen LogP contribution >= 0.6 is 0 Å². The van der Waals surface area contributed by atoms with Gasteiger partial charge in [-0.05, 0) is 60.1 Å². The normalized spacial score (nSPS) is 16.7. The number of carbonyl (C=O) groups is 2. The fourth-order valence-corrected chi connectivity index (χ4v) is 4.18. The highest BCUT2D eigenvalue weighted by molar-refractivity contribution is 6.05. The molecule has 5 rings (SSSR count). The van der Waals surface area contributed by atoms with E-state index < -0.39 is 5.91 Å². The molecule has 1 atom stereocenters. The molecule has 2 aliphatic carbocycles. The molecule has 1 saturated carbocycles. The highest BCUT2D eigenvalue weighted by Gasteiger charge is 2.29. The third-order valence-corrected chi connectivity index (χ3v) is 6.01. The van der Waals surface area contributed by atoms with E-state index >= 15 is 0 Å². The maximum Gasteiger partial charge on any atom is 0.271 e. The summed E-state index contributed by atoms with van der Waals surface area (Å²) in [5.41, 5.74) is 11.3. The van der Waals surface area contributed by atoms with Gasteiger partial charge < -0.3 is 11.1 Å². The zero-order valence-corrected chi connectivity index (χ0v) is 16.2. The molecule has 6 nitrogen and oxygen atoms in total. The molecule has 2 aliphatic rings. The highest BCUT2D eigenvalue weighted by atomic mass is 16.1. The number of nitrogens with zero attached hydrogens (tertiary/aromatic N) is 2. The Morgan fingerprint density at radius 3 is 2.55 bits per heavy atom. The van der Waals surface area contributed by atoms with Crippen LogP contribution in [0.4, 0.5) is 5.69 Å². The first-order chi connectivity index (χ1) is 14.0. The summed E-state index contributed by atoms with van der Waals surface area (Å²) in [5.74, 6) is 0.297. The first-order valence-corrected chi connectivity index (χ1v) is 10.0. The predicted octanol–water partition coefficient (Wildman–Crippen LogP) is 3.27. The van der Waals surface area contributed by atoms with Gasteiger partial charge in [0.2, 0.25) is 0 Å². The lowest BCUT2D eigenvalue weighted by Crippen LogP contribution is -2.23. The van der Waals surface area contributed by atoms with Gasteiger partial charge in [-0.1, -0.05) is 24.3 Å². The van der Waals surface area contributed by atoms with Crippen LogP contribution in [0.2, 0.25) is 0 Å². The van der Waals surface area contributed by atoms with Crippen molar-refractivity contribution in [2.75, 3.05) is 5.32 Å². The van der Waals surface area contributed by atoms with Gasteiger partial charge in [0.15, 0.2) is 5.69 Å². The van der Waals surface area contributed by atoms with Gasteiger partial charge >= 0.3 is 0 Å². The Bertz CT molecular complexity index is 1170. The van der Waals surface area contributed by atoms with E-state index in [1.807, 2.05) is 30.3 Å². The maximum atomic E-state index is 11.9. The van der Waals surface area contributed by atoms with Crippen molar-refractivity contribution in [3.8, 4) is 11.1 Å². The summed E-state index contributed by atoms with van der Waals surface area (Å²) in [6.07, 6.45) is 3.43. The van der Waals surface area contributed by atoms with E-state index in [0.717, 1.165) is 27.6 Å². The summed E-state index contributed by atoms with van der Waals surface area (Å²) in [6.45, 7) is 2.12. The number of nitrogens with one attached hydrogen (secondary N) is 1. The monoisotopic (exact) mass is 386 g/mol. The Labute approximate surface area is 168 Å². The lowest BCUT2D eigenvalue weighted by molar-refractivity contribution is -0.117. The largest absolute Gasteiger partial charge is 0.380 e. The fraction of sp³-hybridized carbons (Fsp3) is 0.304. The van der Waals surface area contributed by atoms with Crippen LogP contribution in [0.25, 0.3) is 22.0 Å². The standard InChI is InChI=1S/C23H22N4O2/c1-12(13-2-3-13)25-21-19-7-6-16(11-20(19)26-27-22(21)23(24)29)14-4-5-15-9-18(28)10-17(15)8-14/h4-8,11-13H,2-3,9-10H2,1H3,(H2,24,29)(H,25,26)/t12-/m1/s1. The average molecular weight is 386 g/mol. The van der Waals surface area contributed by atoms with Crippen LogP contribution in [-0.2, 0) is 17.6 Å². The van der Waals surface area contributed by atoms with Gasteiger partial charge in [-0.25, -0.2) is 0 Å². The summed E-state index contributed by atoms with van der Waals surface area (Å²) in [4.78, 5) is 23.6. The molecule has 146 valence electrons. The minimum absolute atomic E-state index is 0.175. The molecule has 6 heteroatoms. The highest BCUT2D eigenvalue weighted by Crippen LogP contribution is 2.36. The molecule has 0 saturated heterocycles. The average Bonchev–Trinajstić information content (AvgIpc) is 3.48. The Morgan fingerprint density at radius 2 is 1.79 bits per heavy atom. The minimum Gasteiger partial charge on any atom is -0.380 e. The quantitative estimate of drug-likeness (QED) is 0.701. The molecule has 0 unspecified atom stereocenters. The van der Waals surface area contributed by atoms with E-state index in [-0.39, 0.29) is 17.5 Å². The van der Waals surface area contributed by atoms with Gasteiger partial charge in [-0.3, -0.25) is 9.59 Å². The van der Waals surface area contributed by atoms with E-state index in [9.17, 15) is 9.59 Å². The Balaban J connectivity index is 1.57. The number of amides is 1. The molecule has 3 aromatic rings. The summed E-state index contributed by atoms with van der Waals surface area (Å²) in [5, 5.41) is 12.7. The first-order valence-electron chi connectivity index (χ1n) is 10.0. The zero-order chi connectivity index (χ0) is 20.1. The minimum atomic E-state index is -0.586. The number of benzene rings is 2. The summed E-state index contributed by atoms with van der Waals surface area (Å²) in [7, 11) is 0. The van der Waals surface area contributed by atoms with Crippen LogP contribution in [0.5, 0.6) is 0 Å². The van der Waals surface area contributed by atoms with Crippen molar-refractivity contribution in [1.29, 1.82) is 0 Å². The third-order valence-electron chi connectivity index (χ3n) is 6.01. The predicted molar refractivity (Wildman–Crippen MR) is 112 cm³/mol. The molecule has 0 bridgehead atoms. The van der Waals surface area contributed by atoms with Crippen molar-refractivity contribution in [3.63, 3.8) is 0 Å². The molecule has 1 aromatic heterocycles. The summed E-state index contributed by atoms with van der Waals surface area (Å²) >= 11 is 0. The lowest BCUT2D eigenvalue weighted by Gasteiger charge is -2.18. The zero-order valence-electron chi connectivity index (χ0n) is 16.2. The van der Waals surface area contributed by atoms with E-state index in [4.69, 9.17) is 5.73 Å². The van der Waals surface area contributed by atoms with Crippen LogP contribution in [0.3, 0.4) is 0 Å². The maximum absolute atomic E-state index is 11.9. The number of fused-ring (bicyclic) bond motifs is 2. The Hall–Kier alpha value is -3.28. The molecule has 29 heavy (non-hydrogen) atoms. The Kier molecular flexibility index (Phi) is 4.08. The van der Waals surface area contributed by atoms with Gasteiger partial charge in [-0.2, -0.15) is 0 Å². The number of aromatic nitrogens is 2. The second kappa shape index (κ2) is 6.65. The van der Waals surface area contributed by atoms with E-state index in [1.165, 1.54) is 12.8 Å². The molecule has 0 radical (unpaired) electrons. The fourth-order valence-electron chi connectivity index (χ4n) is 4.18. The van der Waals surface area contributed by atoms with Crippen molar-refractivity contribution in [2.45, 2.75) is 38.6 Å². The van der Waals surface area contributed by atoms with Gasteiger partial charge in [0, 0.05) is 24.3 Å². The van der Waals surface area contributed by atoms with Gasteiger partial charge in [0.25, 0.3) is 5.91 Å². The van der Waals surface area contributed by atoms with Crippen molar-refractivity contribution in [3.05, 3.63) is 53.2 Å². The van der Waals surface area contributed by atoms with Crippen molar-refractivity contribution < 1.29 is 9.59 Å². The number of anilines is 1.